The topological polar surface area (TPSA) is 0 Å². The second kappa shape index (κ2) is 5.38. The zero-order valence-corrected chi connectivity index (χ0v) is 10.4. The molecule has 0 saturated carbocycles. The molecule has 0 aromatic heterocycles. The van der Waals surface area contributed by atoms with Crippen LogP contribution in [0.3, 0.4) is 0 Å². The van der Waals surface area contributed by atoms with E-state index in [1.54, 1.807) is 12.1 Å². The lowest BCUT2D eigenvalue weighted by Gasteiger charge is -2.17. The quantitative estimate of drug-likeness (QED) is 0.552. The van der Waals surface area contributed by atoms with Crippen LogP contribution in [-0.4, -0.2) is 12.7 Å². The molecule has 0 aliphatic heterocycles. The van der Waals surface area contributed by atoms with Crippen molar-refractivity contribution in [3.63, 3.8) is 0 Å². The van der Waals surface area contributed by atoms with E-state index in [-0.39, 0.29) is 5.75 Å². The molecule has 0 N–H and O–H groups in total. The van der Waals surface area contributed by atoms with Crippen LogP contribution in [0.2, 0.25) is 10.0 Å². The Balaban J connectivity index is 2.68. The minimum Gasteiger partial charge on any atom is -0.445 e. The van der Waals surface area contributed by atoms with Crippen molar-refractivity contribution in [2.45, 2.75) is 4.90 Å². The van der Waals surface area contributed by atoms with Crippen LogP contribution < -0.4 is 0 Å². The van der Waals surface area contributed by atoms with E-state index in [0.717, 1.165) is 11.8 Å². The highest BCUT2D eigenvalue weighted by molar-refractivity contribution is 7.99. The van der Waals surface area contributed by atoms with Gasteiger partial charge in [0.05, 0.1) is 5.02 Å². The second-order valence-electron chi connectivity index (χ2n) is 3.10. The first-order valence-electron chi connectivity index (χ1n) is 4.26. The van der Waals surface area contributed by atoms with Crippen LogP contribution in [0.1, 0.15) is 0 Å². The van der Waals surface area contributed by atoms with Crippen LogP contribution in [0.4, 0.5) is 12.9 Å². The standard InChI is InChI=1S/C9H7BCl2F3S/c1-6(10(13,14)15)5-16-9-4-7(11)2-3-8(9)12/h2-4H,1,5H2/q-1. The van der Waals surface area contributed by atoms with Crippen molar-refractivity contribution in [3.05, 3.63) is 40.3 Å². The molecule has 0 unspecified atom stereocenters. The summed E-state index contributed by atoms with van der Waals surface area (Å²) >= 11 is 12.5. The molecule has 1 rings (SSSR count). The fourth-order valence-corrected chi connectivity index (χ4v) is 2.32. The van der Waals surface area contributed by atoms with Gasteiger partial charge in [0.2, 0.25) is 0 Å². The van der Waals surface area contributed by atoms with Gasteiger partial charge in [-0.15, -0.1) is 23.8 Å². The van der Waals surface area contributed by atoms with Crippen LogP contribution in [0.15, 0.2) is 35.1 Å². The Bertz CT molecular complexity index is 406. The van der Waals surface area contributed by atoms with Gasteiger partial charge in [0.1, 0.15) is 0 Å². The monoisotopic (exact) mass is 285 g/mol. The lowest BCUT2D eigenvalue weighted by atomic mass is 9.82. The summed E-state index contributed by atoms with van der Waals surface area (Å²) < 4.78 is 36.7. The Labute approximate surface area is 106 Å². The first-order chi connectivity index (χ1) is 7.30. The number of benzene rings is 1. The van der Waals surface area contributed by atoms with Crippen molar-refractivity contribution in [2.75, 3.05) is 5.75 Å². The van der Waals surface area contributed by atoms with E-state index in [1.807, 2.05) is 0 Å². The first kappa shape index (κ1) is 13.8. The Kier molecular flexibility index (Phi) is 4.65. The van der Waals surface area contributed by atoms with Crippen LogP contribution in [0, 0.1) is 0 Å². The summed E-state index contributed by atoms with van der Waals surface area (Å²) in [6.07, 6.45) is 0. The summed E-state index contributed by atoms with van der Waals surface area (Å²) in [5.41, 5.74) is -0.735. The molecular weight excluding hydrogens is 279 g/mol. The highest BCUT2D eigenvalue weighted by atomic mass is 35.5. The van der Waals surface area contributed by atoms with Crippen molar-refractivity contribution in [1.29, 1.82) is 0 Å². The number of hydrogen-bond donors (Lipinski definition) is 0. The van der Waals surface area contributed by atoms with E-state index in [4.69, 9.17) is 23.2 Å². The van der Waals surface area contributed by atoms with Crippen molar-refractivity contribution >= 4 is 41.9 Å². The summed E-state index contributed by atoms with van der Waals surface area (Å²) in [6, 6.07) is 4.66. The Morgan fingerprint density at radius 2 is 1.94 bits per heavy atom. The molecule has 0 heterocycles. The molecular formula is C9H7BCl2F3S-. The Morgan fingerprint density at radius 3 is 2.50 bits per heavy atom. The van der Waals surface area contributed by atoms with E-state index >= 15 is 0 Å². The third-order valence-electron chi connectivity index (χ3n) is 1.77. The third-order valence-corrected chi connectivity index (χ3v) is 3.61. The molecule has 0 fully saturated rings. The lowest BCUT2D eigenvalue weighted by molar-refractivity contribution is 0.491. The largest absolute Gasteiger partial charge is 0.505 e. The van der Waals surface area contributed by atoms with Gasteiger partial charge < -0.3 is 12.9 Å². The molecule has 0 spiro atoms. The molecule has 16 heavy (non-hydrogen) atoms. The smallest absolute Gasteiger partial charge is 0.445 e. The molecule has 7 heteroatoms. The van der Waals surface area contributed by atoms with Crippen molar-refractivity contribution in [3.8, 4) is 0 Å². The van der Waals surface area contributed by atoms with E-state index < -0.39 is 12.4 Å². The summed E-state index contributed by atoms with van der Waals surface area (Å²) in [5.74, 6) is -0.233. The van der Waals surface area contributed by atoms with Crippen LogP contribution in [0.5, 0.6) is 0 Å². The van der Waals surface area contributed by atoms with E-state index in [2.05, 4.69) is 6.58 Å². The average Bonchev–Trinajstić information content (AvgIpc) is 2.17. The van der Waals surface area contributed by atoms with Crippen LogP contribution >= 0.6 is 35.0 Å². The van der Waals surface area contributed by atoms with E-state index in [9.17, 15) is 12.9 Å². The maximum Gasteiger partial charge on any atom is 0.505 e. The number of rotatable bonds is 4. The number of thioether (sulfide) groups is 1. The highest BCUT2D eigenvalue weighted by Gasteiger charge is 2.26. The zero-order chi connectivity index (χ0) is 12.3. The molecule has 0 aliphatic rings. The van der Waals surface area contributed by atoms with Crippen molar-refractivity contribution < 1.29 is 12.9 Å². The minimum absolute atomic E-state index is 0.233. The van der Waals surface area contributed by atoms with Crippen LogP contribution in [0.25, 0.3) is 0 Å². The molecule has 0 nitrogen and oxygen atoms in total. The molecule has 0 aliphatic carbocycles. The van der Waals surface area contributed by atoms with Gasteiger partial charge in [-0.25, -0.2) is 0 Å². The summed E-state index contributed by atoms with van der Waals surface area (Å²) in [4.78, 5) is 0.523. The normalized spacial score (nSPS) is 11.6. The number of hydrogen-bond acceptors (Lipinski definition) is 1. The van der Waals surface area contributed by atoms with Gasteiger partial charge in [-0.05, 0) is 24.0 Å². The van der Waals surface area contributed by atoms with Gasteiger partial charge in [-0.2, -0.15) is 0 Å². The molecule has 0 saturated heterocycles. The molecule has 88 valence electrons. The second-order valence-corrected chi connectivity index (χ2v) is 4.96. The maximum absolute atomic E-state index is 12.2. The summed E-state index contributed by atoms with van der Waals surface area (Å²) in [5, 5.41) is 0.826. The average molecular weight is 286 g/mol. The SMILES string of the molecule is C=C(CSc1cc(Cl)ccc1Cl)[B-](F)(F)F. The highest BCUT2D eigenvalue weighted by Crippen LogP contribution is 2.32. The minimum atomic E-state index is -4.98. The number of halogens is 5. The van der Waals surface area contributed by atoms with Gasteiger partial charge in [-0.1, -0.05) is 23.2 Å². The molecule has 0 bridgehead atoms. The van der Waals surface area contributed by atoms with Crippen molar-refractivity contribution in [1.82, 2.24) is 0 Å². The molecule has 0 radical (unpaired) electrons. The lowest BCUT2D eigenvalue weighted by Crippen LogP contribution is -2.20. The van der Waals surface area contributed by atoms with Gasteiger partial charge in [0.25, 0.3) is 0 Å². The van der Waals surface area contributed by atoms with Gasteiger partial charge in [0.15, 0.2) is 0 Å². The van der Waals surface area contributed by atoms with Gasteiger partial charge in [-0.3, -0.25) is 0 Å². The van der Waals surface area contributed by atoms with Gasteiger partial charge in [0, 0.05) is 9.92 Å². The summed E-state index contributed by atoms with van der Waals surface area (Å²) in [6.45, 7) is -1.98. The molecule has 1 aromatic rings. The predicted molar refractivity (Wildman–Crippen MR) is 65.4 cm³/mol. The van der Waals surface area contributed by atoms with Crippen molar-refractivity contribution in [2.24, 2.45) is 0 Å². The van der Waals surface area contributed by atoms with Gasteiger partial charge >= 0.3 is 6.98 Å². The molecule has 0 amide bonds. The maximum atomic E-state index is 12.2. The molecule has 1 aromatic carbocycles. The Hall–Kier alpha value is -0.255. The molecule has 0 atom stereocenters. The van der Waals surface area contributed by atoms with Crippen LogP contribution in [-0.2, 0) is 0 Å². The van der Waals surface area contributed by atoms with E-state index in [0.29, 0.717) is 14.9 Å². The zero-order valence-electron chi connectivity index (χ0n) is 8.02. The fraction of sp³-hybridized carbons (Fsp3) is 0.111. The predicted octanol–water partition coefficient (Wildman–Crippen LogP) is 5.03. The van der Waals surface area contributed by atoms with E-state index in [1.165, 1.54) is 6.07 Å². The first-order valence-corrected chi connectivity index (χ1v) is 6.00. The Morgan fingerprint density at radius 1 is 1.31 bits per heavy atom. The third kappa shape index (κ3) is 3.96. The fourth-order valence-electron chi connectivity index (χ4n) is 0.853. The summed E-state index contributed by atoms with van der Waals surface area (Å²) in [7, 11) is 0.